The summed E-state index contributed by atoms with van der Waals surface area (Å²) >= 11 is 0. The lowest BCUT2D eigenvalue weighted by atomic mass is 10.1. The van der Waals surface area contributed by atoms with Crippen LogP contribution >= 0.6 is 0 Å². The highest BCUT2D eigenvalue weighted by atomic mass is 16.5. The van der Waals surface area contributed by atoms with Crippen LogP contribution < -0.4 is 0 Å². The zero-order valence-corrected chi connectivity index (χ0v) is 9.24. The van der Waals surface area contributed by atoms with Crippen molar-refractivity contribution in [3.8, 4) is 17.3 Å². The molecule has 0 atom stereocenters. The lowest BCUT2D eigenvalue weighted by molar-refractivity contribution is 0.383. The summed E-state index contributed by atoms with van der Waals surface area (Å²) in [7, 11) is 0. The number of aromatic hydroxyl groups is 1. The Morgan fingerprint density at radius 3 is 2.94 bits per heavy atom. The maximum Gasteiger partial charge on any atom is 0.231 e. The fraction of sp³-hybridized carbons (Fsp3) is 0.0909. The number of nitrogens with zero attached hydrogens (tertiary/aromatic N) is 4. The second kappa shape index (κ2) is 4.28. The van der Waals surface area contributed by atoms with Crippen molar-refractivity contribution in [1.29, 1.82) is 0 Å². The average Bonchev–Trinajstić information content (AvgIpc) is 3.02. The van der Waals surface area contributed by atoms with Gasteiger partial charge in [0.2, 0.25) is 11.7 Å². The fourth-order valence-electron chi connectivity index (χ4n) is 1.56. The van der Waals surface area contributed by atoms with Gasteiger partial charge in [0.05, 0.1) is 12.6 Å². The highest BCUT2D eigenvalue weighted by Crippen LogP contribution is 2.20. The smallest absolute Gasteiger partial charge is 0.231 e. The Morgan fingerprint density at radius 1 is 1.28 bits per heavy atom. The minimum absolute atomic E-state index is 0.207. The van der Waals surface area contributed by atoms with Crippen LogP contribution in [0.3, 0.4) is 0 Å². The second-order valence-electron chi connectivity index (χ2n) is 3.67. The Bertz CT molecular complexity index is 647. The fourth-order valence-corrected chi connectivity index (χ4v) is 1.56. The van der Waals surface area contributed by atoms with E-state index in [1.54, 1.807) is 18.2 Å². The highest BCUT2D eigenvalue weighted by Gasteiger charge is 2.12. The molecule has 0 amide bonds. The van der Waals surface area contributed by atoms with Gasteiger partial charge in [0.15, 0.2) is 5.69 Å². The first kappa shape index (κ1) is 10.5. The monoisotopic (exact) mass is 243 g/mol. The topological polar surface area (TPSA) is 101 Å². The molecule has 0 radical (unpaired) electrons. The summed E-state index contributed by atoms with van der Waals surface area (Å²) in [5.41, 5.74) is 1.25. The number of hydrogen-bond donors (Lipinski definition) is 2. The van der Waals surface area contributed by atoms with E-state index in [9.17, 15) is 5.11 Å². The number of rotatable bonds is 3. The molecule has 0 bridgehead atoms. The van der Waals surface area contributed by atoms with Crippen LogP contribution in [0.15, 0.2) is 35.0 Å². The molecule has 0 spiro atoms. The lowest BCUT2D eigenvalue weighted by Gasteiger charge is -1.99. The third kappa shape index (κ3) is 1.93. The number of nitrogens with one attached hydrogen (secondary N) is 1. The minimum atomic E-state index is 0.207. The van der Waals surface area contributed by atoms with E-state index < -0.39 is 0 Å². The summed E-state index contributed by atoms with van der Waals surface area (Å²) < 4.78 is 5.09. The average molecular weight is 243 g/mol. The van der Waals surface area contributed by atoms with Gasteiger partial charge in [-0.25, -0.2) is 0 Å². The maximum absolute atomic E-state index is 9.65. The van der Waals surface area contributed by atoms with Gasteiger partial charge < -0.3 is 9.63 Å². The lowest BCUT2D eigenvalue weighted by Crippen LogP contribution is -1.89. The molecule has 7 heteroatoms. The predicted octanol–water partition coefficient (Wildman–Crippen LogP) is 1.15. The molecule has 0 aliphatic carbocycles. The Hall–Kier alpha value is -2.70. The van der Waals surface area contributed by atoms with Crippen molar-refractivity contribution in [2.75, 3.05) is 0 Å². The summed E-state index contributed by atoms with van der Waals surface area (Å²) in [5.74, 6) is 0.988. The van der Waals surface area contributed by atoms with E-state index in [2.05, 4.69) is 25.6 Å². The van der Waals surface area contributed by atoms with Gasteiger partial charge in [-0.3, -0.25) is 0 Å². The number of aromatic amines is 1. The van der Waals surface area contributed by atoms with Gasteiger partial charge in [0, 0.05) is 5.56 Å². The van der Waals surface area contributed by atoms with Crippen LogP contribution in [-0.4, -0.2) is 30.7 Å². The zero-order valence-electron chi connectivity index (χ0n) is 9.24. The van der Waals surface area contributed by atoms with E-state index in [0.29, 0.717) is 23.8 Å². The third-order valence-corrected chi connectivity index (χ3v) is 2.45. The Kier molecular flexibility index (Phi) is 2.49. The molecule has 0 saturated heterocycles. The van der Waals surface area contributed by atoms with Crippen molar-refractivity contribution in [2.45, 2.75) is 6.42 Å². The number of hydrogen-bond acceptors (Lipinski definition) is 6. The molecule has 2 heterocycles. The van der Waals surface area contributed by atoms with E-state index in [4.69, 9.17) is 4.52 Å². The van der Waals surface area contributed by atoms with Gasteiger partial charge in [0.1, 0.15) is 5.75 Å². The largest absolute Gasteiger partial charge is 0.508 e. The van der Waals surface area contributed by atoms with E-state index in [0.717, 1.165) is 5.56 Å². The van der Waals surface area contributed by atoms with E-state index in [1.165, 1.54) is 6.20 Å². The molecule has 0 unspecified atom stereocenters. The van der Waals surface area contributed by atoms with Crippen molar-refractivity contribution >= 4 is 0 Å². The number of phenols is 1. The molecule has 0 aliphatic heterocycles. The zero-order chi connectivity index (χ0) is 12.4. The van der Waals surface area contributed by atoms with Gasteiger partial charge in [-0.05, 0) is 6.07 Å². The third-order valence-electron chi connectivity index (χ3n) is 2.45. The first-order chi connectivity index (χ1) is 8.83. The predicted molar refractivity (Wildman–Crippen MR) is 60.6 cm³/mol. The molecule has 7 nitrogen and oxygen atoms in total. The highest BCUT2D eigenvalue weighted by molar-refractivity contribution is 5.45. The Morgan fingerprint density at radius 2 is 2.17 bits per heavy atom. The molecule has 3 aromatic rings. The Balaban J connectivity index is 1.85. The number of aromatic nitrogens is 5. The number of H-pyrrole nitrogens is 1. The number of benzene rings is 1. The number of phenolic OH excluding ortho intramolecular Hbond substituents is 1. The summed E-state index contributed by atoms with van der Waals surface area (Å²) in [4.78, 5) is 4.18. The molecular formula is C11H9N5O2. The SMILES string of the molecule is Oc1ccccc1Cc1nc(-c2cn[nH]n2)no1. The van der Waals surface area contributed by atoms with E-state index >= 15 is 0 Å². The first-order valence-corrected chi connectivity index (χ1v) is 5.28. The van der Waals surface area contributed by atoms with Crippen LogP contribution in [0.25, 0.3) is 11.5 Å². The quantitative estimate of drug-likeness (QED) is 0.715. The van der Waals surface area contributed by atoms with Gasteiger partial charge >= 0.3 is 0 Å². The van der Waals surface area contributed by atoms with Gasteiger partial charge in [0.25, 0.3) is 0 Å². The second-order valence-corrected chi connectivity index (χ2v) is 3.67. The minimum Gasteiger partial charge on any atom is -0.508 e. The van der Waals surface area contributed by atoms with Crippen LogP contribution in [0.5, 0.6) is 5.75 Å². The first-order valence-electron chi connectivity index (χ1n) is 5.28. The van der Waals surface area contributed by atoms with Crippen LogP contribution in [0.2, 0.25) is 0 Å². The normalized spacial score (nSPS) is 10.7. The van der Waals surface area contributed by atoms with Gasteiger partial charge in [-0.1, -0.05) is 23.4 Å². The Labute approximate surface area is 101 Å². The summed E-state index contributed by atoms with van der Waals surface area (Å²) in [6, 6.07) is 7.01. The van der Waals surface area contributed by atoms with Crippen LogP contribution in [-0.2, 0) is 6.42 Å². The van der Waals surface area contributed by atoms with Crippen molar-refractivity contribution in [3.05, 3.63) is 41.9 Å². The van der Waals surface area contributed by atoms with Crippen molar-refractivity contribution in [3.63, 3.8) is 0 Å². The molecule has 3 rings (SSSR count). The number of para-hydroxylation sites is 1. The van der Waals surface area contributed by atoms with Crippen molar-refractivity contribution in [1.82, 2.24) is 25.6 Å². The van der Waals surface area contributed by atoms with Crippen LogP contribution in [0.4, 0.5) is 0 Å². The van der Waals surface area contributed by atoms with Crippen LogP contribution in [0, 0.1) is 0 Å². The molecule has 18 heavy (non-hydrogen) atoms. The molecule has 2 aromatic heterocycles. The summed E-state index contributed by atoms with van der Waals surface area (Å²) in [6.07, 6.45) is 1.88. The standard InChI is InChI=1S/C11H9N5O2/c17-9-4-2-1-3-7(9)5-10-13-11(15-18-10)8-6-12-16-14-8/h1-4,6,17H,5H2,(H,12,14,16). The molecular weight excluding hydrogens is 234 g/mol. The van der Waals surface area contributed by atoms with Gasteiger partial charge in [-0.2, -0.15) is 20.4 Å². The summed E-state index contributed by atoms with van der Waals surface area (Å²) in [5, 5.41) is 23.4. The van der Waals surface area contributed by atoms with E-state index in [-0.39, 0.29) is 5.75 Å². The molecule has 1 aromatic carbocycles. The molecule has 90 valence electrons. The maximum atomic E-state index is 9.65. The molecule has 2 N–H and O–H groups in total. The van der Waals surface area contributed by atoms with Crippen LogP contribution in [0.1, 0.15) is 11.5 Å². The molecule has 0 fully saturated rings. The van der Waals surface area contributed by atoms with Crippen molar-refractivity contribution < 1.29 is 9.63 Å². The molecule has 0 saturated carbocycles. The molecule has 0 aliphatic rings. The van der Waals surface area contributed by atoms with Crippen molar-refractivity contribution in [2.24, 2.45) is 0 Å². The van der Waals surface area contributed by atoms with Gasteiger partial charge in [-0.15, -0.1) is 0 Å². The van der Waals surface area contributed by atoms with E-state index in [1.807, 2.05) is 6.07 Å². The summed E-state index contributed by atoms with van der Waals surface area (Å²) in [6.45, 7) is 0.